The summed E-state index contributed by atoms with van der Waals surface area (Å²) in [6.07, 6.45) is 0. The normalized spacial score (nSPS) is 10.4. The molecule has 0 bridgehead atoms. The van der Waals surface area contributed by atoms with Crippen LogP contribution in [0.4, 0.5) is 0 Å². The number of halogens is 1. The van der Waals surface area contributed by atoms with Crippen LogP contribution in [0.15, 0.2) is 6.07 Å². The Morgan fingerprint density at radius 3 is 2.08 bits per heavy atom. The molecule has 0 spiro atoms. The van der Waals surface area contributed by atoms with Gasteiger partial charge in [0.1, 0.15) is 0 Å². The topological polar surface area (TPSA) is 0 Å². The van der Waals surface area contributed by atoms with E-state index in [-0.39, 0.29) is 0 Å². The fourth-order valence-electron chi connectivity index (χ4n) is 1.54. The van der Waals surface area contributed by atoms with Crippen molar-refractivity contribution in [1.29, 1.82) is 0 Å². The first-order chi connectivity index (χ1) is 5.57. The molecule has 0 aliphatic rings. The van der Waals surface area contributed by atoms with Gasteiger partial charge in [-0.1, -0.05) is 6.07 Å². The molecule has 0 unspecified atom stereocenters. The second-order valence-electron chi connectivity index (χ2n) is 3.37. The van der Waals surface area contributed by atoms with Crippen molar-refractivity contribution in [1.82, 2.24) is 0 Å². The SMILES string of the molecule is Cc1cc(C)c(CCl)c(C)c1C. The molecule has 1 rings (SSSR count). The van der Waals surface area contributed by atoms with Crippen molar-refractivity contribution >= 4 is 11.6 Å². The molecule has 0 N–H and O–H groups in total. The minimum atomic E-state index is 0.624. The number of hydrogen-bond acceptors (Lipinski definition) is 0. The van der Waals surface area contributed by atoms with E-state index in [1.54, 1.807) is 0 Å². The molecule has 0 aliphatic heterocycles. The Morgan fingerprint density at radius 1 is 1.00 bits per heavy atom. The number of hydrogen-bond donors (Lipinski definition) is 0. The quantitative estimate of drug-likeness (QED) is 0.582. The summed E-state index contributed by atoms with van der Waals surface area (Å²) in [6.45, 7) is 8.57. The monoisotopic (exact) mass is 182 g/mol. The Hall–Kier alpha value is -0.490. The van der Waals surface area contributed by atoms with Crippen LogP contribution in [0.25, 0.3) is 0 Å². The van der Waals surface area contributed by atoms with Crippen molar-refractivity contribution in [2.45, 2.75) is 33.6 Å². The van der Waals surface area contributed by atoms with Crippen LogP contribution < -0.4 is 0 Å². The zero-order chi connectivity index (χ0) is 9.30. The van der Waals surface area contributed by atoms with Crippen molar-refractivity contribution < 1.29 is 0 Å². The third-order valence-corrected chi connectivity index (χ3v) is 2.92. The van der Waals surface area contributed by atoms with Crippen molar-refractivity contribution in [2.24, 2.45) is 0 Å². The highest BCUT2D eigenvalue weighted by molar-refractivity contribution is 6.17. The molecule has 1 aromatic rings. The van der Waals surface area contributed by atoms with Gasteiger partial charge in [-0.3, -0.25) is 0 Å². The van der Waals surface area contributed by atoms with Crippen molar-refractivity contribution in [3.63, 3.8) is 0 Å². The molecule has 1 aromatic carbocycles. The Kier molecular flexibility index (Phi) is 2.79. The van der Waals surface area contributed by atoms with E-state index in [1.165, 1.54) is 27.8 Å². The molecule has 0 heterocycles. The summed E-state index contributed by atoms with van der Waals surface area (Å²) in [4.78, 5) is 0. The largest absolute Gasteiger partial charge is 0.122 e. The van der Waals surface area contributed by atoms with Crippen LogP contribution in [0.2, 0.25) is 0 Å². The third-order valence-electron chi connectivity index (χ3n) is 2.65. The fourth-order valence-corrected chi connectivity index (χ4v) is 1.95. The summed E-state index contributed by atoms with van der Waals surface area (Å²) < 4.78 is 0. The fraction of sp³-hybridized carbons (Fsp3) is 0.455. The molecule has 1 heteroatoms. The minimum Gasteiger partial charge on any atom is -0.122 e. The number of alkyl halides is 1. The van der Waals surface area contributed by atoms with E-state index in [2.05, 4.69) is 33.8 Å². The van der Waals surface area contributed by atoms with Crippen LogP contribution >= 0.6 is 11.6 Å². The first kappa shape index (κ1) is 9.60. The van der Waals surface area contributed by atoms with E-state index >= 15 is 0 Å². The van der Waals surface area contributed by atoms with Gasteiger partial charge in [-0.2, -0.15) is 0 Å². The molecule has 0 aromatic heterocycles. The van der Waals surface area contributed by atoms with E-state index < -0.39 is 0 Å². The zero-order valence-corrected chi connectivity index (χ0v) is 8.92. The van der Waals surface area contributed by atoms with Crippen molar-refractivity contribution in [3.05, 3.63) is 33.9 Å². The van der Waals surface area contributed by atoms with Crippen molar-refractivity contribution in [2.75, 3.05) is 0 Å². The highest BCUT2D eigenvalue weighted by atomic mass is 35.5. The van der Waals surface area contributed by atoms with E-state index in [1.807, 2.05) is 0 Å². The van der Waals surface area contributed by atoms with Crippen LogP contribution in [-0.4, -0.2) is 0 Å². The predicted molar refractivity (Wildman–Crippen MR) is 54.9 cm³/mol. The van der Waals surface area contributed by atoms with Gasteiger partial charge in [0.15, 0.2) is 0 Å². The summed E-state index contributed by atoms with van der Waals surface area (Å²) in [6, 6.07) is 2.21. The van der Waals surface area contributed by atoms with E-state index in [0.717, 1.165) is 0 Å². The maximum atomic E-state index is 5.86. The van der Waals surface area contributed by atoms with Gasteiger partial charge in [-0.25, -0.2) is 0 Å². The predicted octanol–water partition coefficient (Wildman–Crippen LogP) is 3.66. The van der Waals surface area contributed by atoms with E-state index in [0.29, 0.717) is 5.88 Å². The first-order valence-electron chi connectivity index (χ1n) is 4.20. The maximum Gasteiger partial charge on any atom is 0.0479 e. The molecule has 0 aliphatic carbocycles. The summed E-state index contributed by atoms with van der Waals surface area (Å²) in [5.41, 5.74) is 6.68. The Morgan fingerprint density at radius 2 is 1.58 bits per heavy atom. The lowest BCUT2D eigenvalue weighted by Crippen LogP contribution is -1.96. The summed E-state index contributed by atoms with van der Waals surface area (Å²) in [7, 11) is 0. The van der Waals surface area contributed by atoms with E-state index in [9.17, 15) is 0 Å². The molecule has 66 valence electrons. The first-order valence-corrected chi connectivity index (χ1v) is 4.73. The minimum absolute atomic E-state index is 0.624. The van der Waals surface area contributed by atoms with Crippen LogP contribution in [0.5, 0.6) is 0 Å². The smallest absolute Gasteiger partial charge is 0.0479 e. The van der Waals surface area contributed by atoms with Crippen LogP contribution in [0.1, 0.15) is 27.8 Å². The summed E-state index contributed by atoms with van der Waals surface area (Å²) >= 11 is 5.86. The summed E-state index contributed by atoms with van der Waals surface area (Å²) in [5, 5.41) is 0. The average molecular weight is 183 g/mol. The molecular formula is C11H15Cl. The van der Waals surface area contributed by atoms with Gasteiger partial charge in [0, 0.05) is 5.88 Å². The Bertz CT molecular complexity index is 300. The summed E-state index contributed by atoms with van der Waals surface area (Å²) in [5.74, 6) is 0.624. The van der Waals surface area contributed by atoms with Gasteiger partial charge < -0.3 is 0 Å². The van der Waals surface area contributed by atoms with Gasteiger partial charge in [-0.15, -0.1) is 11.6 Å². The molecule has 0 atom stereocenters. The lowest BCUT2D eigenvalue weighted by atomic mass is 9.95. The van der Waals surface area contributed by atoms with Crippen molar-refractivity contribution in [3.8, 4) is 0 Å². The molecule has 12 heavy (non-hydrogen) atoms. The Balaban J connectivity index is 3.40. The number of benzene rings is 1. The lowest BCUT2D eigenvalue weighted by Gasteiger charge is -2.12. The zero-order valence-electron chi connectivity index (χ0n) is 8.16. The van der Waals surface area contributed by atoms with Gasteiger partial charge in [-0.05, 0) is 55.5 Å². The Labute approximate surface area is 79.6 Å². The molecular weight excluding hydrogens is 168 g/mol. The number of rotatable bonds is 1. The standard InChI is InChI=1S/C11H15Cl/c1-7-5-8(2)11(6-12)10(4)9(7)3/h5H,6H2,1-4H3. The highest BCUT2D eigenvalue weighted by Gasteiger charge is 2.05. The third kappa shape index (κ3) is 1.49. The van der Waals surface area contributed by atoms with Crippen LogP contribution in [0.3, 0.4) is 0 Å². The van der Waals surface area contributed by atoms with Crippen LogP contribution in [0, 0.1) is 27.7 Å². The molecule has 0 saturated carbocycles. The lowest BCUT2D eigenvalue weighted by molar-refractivity contribution is 1.16. The molecule has 0 fully saturated rings. The van der Waals surface area contributed by atoms with Crippen LogP contribution in [-0.2, 0) is 5.88 Å². The van der Waals surface area contributed by atoms with Gasteiger partial charge >= 0.3 is 0 Å². The second-order valence-corrected chi connectivity index (χ2v) is 3.64. The maximum absolute atomic E-state index is 5.86. The van der Waals surface area contributed by atoms with Gasteiger partial charge in [0.25, 0.3) is 0 Å². The average Bonchev–Trinajstić information content (AvgIpc) is 2.01. The molecule has 0 amide bonds. The number of aryl methyl sites for hydroxylation is 2. The second kappa shape index (κ2) is 3.49. The highest BCUT2D eigenvalue weighted by Crippen LogP contribution is 2.22. The molecule has 0 radical (unpaired) electrons. The van der Waals surface area contributed by atoms with Gasteiger partial charge in [0.2, 0.25) is 0 Å². The molecule has 0 saturated heterocycles. The van der Waals surface area contributed by atoms with Gasteiger partial charge in [0.05, 0.1) is 0 Å². The van der Waals surface area contributed by atoms with E-state index in [4.69, 9.17) is 11.6 Å². The molecule has 0 nitrogen and oxygen atoms in total.